The van der Waals surface area contributed by atoms with E-state index in [4.69, 9.17) is 0 Å². The largest absolute Gasteiger partial charge is 0.259 e. The zero-order valence-corrected chi connectivity index (χ0v) is 9.77. The van der Waals surface area contributed by atoms with Crippen molar-refractivity contribution in [3.63, 3.8) is 0 Å². The van der Waals surface area contributed by atoms with Crippen LogP contribution in [0.25, 0.3) is 22.5 Å². The van der Waals surface area contributed by atoms with Crippen LogP contribution in [0.3, 0.4) is 0 Å². The Morgan fingerprint density at radius 3 is 2.00 bits per heavy atom. The summed E-state index contributed by atoms with van der Waals surface area (Å²) in [5.41, 5.74) is 2.10. The summed E-state index contributed by atoms with van der Waals surface area (Å²) in [6.45, 7) is 0. The van der Waals surface area contributed by atoms with E-state index in [1.807, 2.05) is 12.1 Å². The van der Waals surface area contributed by atoms with Crippen molar-refractivity contribution in [3.8, 4) is 22.5 Å². The van der Waals surface area contributed by atoms with Crippen LogP contribution in [0.15, 0.2) is 48.8 Å². The minimum absolute atomic E-state index is 0.501. The molecule has 0 aliphatic rings. The van der Waals surface area contributed by atoms with Crippen molar-refractivity contribution in [3.05, 3.63) is 60.4 Å². The smallest absolute Gasteiger partial charge is 0.155 e. The van der Waals surface area contributed by atoms with Crippen LogP contribution in [-0.2, 0) is 0 Å². The maximum absolute atomic E-state index is 13.2. The van der Waals surface area contributed by atoms with Gasteiger partial charge in [-0.25, -0.2) is 13.8 Å². The van der Waals surface area contributed by atoms with Gasteiger partial charge in [-0.15, -0.1) is 0 Å². The maximum Gasteiger partial charge on any atom is 0.155 e. The van der Waals surface area contributed by atoms with Crippen molar-refractivity contribution in [1.29, 1.82) is 0 Å². The van der Waals surface area contributed by atoms with Crippen LogP contribution in [0, 0.1) is 11.6 Å². The molecule has 0 aliphatic carbocycles. The Hall–Kier alpha value is -2.56. The van der Waals surface area contributed by atoms with Gasteiger partial charge in [0.1, 0.15) is 18.0 Å². The third-order valence-corrected chi connectivity index (χ3v) is 2.77. The van der Waals surface area contributed by atoms with Crippen LogP contribution in [0.4, 0.5) is 8.78 Å². The molecule has 5 heteroatoms. The highest BCUT2D eigenvalue weighted by Crippen LogP contribution is 2.24. The van der Waals surface area contributed by atoms with E-state index in [2.05, 4.69) is 15.2 Å². The van der Waals surface area contributed by atoms with Crippen molar-refractivity contribution in [1.82, 2.24) is 15.2 Å². The zero-order valence-electron chi connectivity index (χ0n) is 9.77. The average Bonchev–Trinajstić information content (AvgIpc) is 2.91. The number of hydrogen-bond acceptors (Lipinski definition) is 2. The summed E-state index contributed by atoms with van der Waals surface area (Å²) in [5.74, 6) is -0.527. The summed E-state index contributed by atoms with van der Waals surface area (Å²) in [5, 5.41) is 6.52. The number of nitrogens with one attached hydrogen (secondary N) is 1. The minimum atomic E-state index is -0.589. The topological polar surface area (TPSA) is 41.6 Å². The molecule has 0 unspecified atom stereocenters. The molecule has 0 radical (unpaired) electrons. The second kappa shape index (κ2) is 4.61. The number of rotatable bonds is 2. The Labute approximate surface area is 107 Å². The predicted molar refractivity (Wildman–Crippen MR) is 67.2 cm³/mol. The number of benzene rings is 2. The van der Waals surface area contributed by atoms with Gasteiger partial charge in [0, 0.05) is 11.6 Å². The first-order valence-corrected chi connectivity index (χ1v) is 5.64. The van der Waals surface area contributed by atoms with E-state index in [1.165, 1.54) is 18.5 Å². The summed E-state index contributed by atoms with van der Waals surface area (Å²) >= 11 is 0. The van der Waals surface area contributed by atoms with Gasteiger partial charge in [-0.05, 0) is 23.3 Å². The fourth-order valence-corrected chi connectivity index (χ4v) is 1.89. The molecule has 1 heterocycles. The number of H-pyrrole nitrogens is 1. The van der Waals surface area contributed by atoms with Gasteiger partial charge >= 0.3 is 0 Å². The van der Waals surface area contributed by atoms with E-state index in [0.717, 1.165) is 17.2 Å². The molecule has 1 aromatic heterocycles. The van der Waals surface area contributed by atoms with Gasteiger partial charge in [-0.2, -0.15) is 5.10 Å². The van der Waals surface area contributed by atoms with Crippen LogP contribution in [0.2, 0.25) is 0 Å². The van der Waals surface area contributed by atoms with Crippen LogP contribution in [0.1, 0.15) is 0 Å². The van der Waals surface area contributed by atoms with Crippen molar-refractivity contribution in [2.24, 2.45) is 0 Å². The SMILES string of the molecule is Fc1cc(F)cc(-c2ccc(-c3ncn[nH]3)cc2)c1. The first kappa shape index (κ1) is 11.5. The molecular weight excluding hydrogens is 248 g/mol. The third-order valence-electron chi connectivity index (χ3n) is 2.77. The van der Waals surface area contributed by atoms with E-state index in [1.54, 1.807) is 12.1 Å². The van der Waals surface area contributed by atoms with Gasteiger partial charge < -0.3 is 0 Å². The Morgan fingerprint density at radius 1 is 0.789 bits per heavy atom. The Balaban J connectivity index is 1.98. The van der Waals surface area contributed by atoms with Gasteiger partial charge in [-0.1, -0.05) is 24.3 Å². The van der Waals surface area contributed by atoms with Crippen LogP contribution < -0.4 is 0 Å². The van der Waals surface area contributed by atoms with Gasteiger partial charge in [0.15, 0.2) is 5.82 Å². The minimum Gasteiger partial charge on any atom is -0.259 e. The second-order valence-corrected chi connectivity index (χ2v) is 4.07. The Bertz CT molecular complexity index is 671. The van der Waals surface area contributed by atoms with E-state index >= 15 is 0 Å². The molecule has 0 fully saturated rings. The molecule has 0 spiro atoms. The van der Waals surface area contributed by atoms with Crippen molar-refractivity contribution in [2.45, 2.75) is 0 Å². The van der Waals surface area contributed by atoms with E-state index in [-0.39, 0.29) is 0 Å². The molecule has 1 N–H and O–H groups in total. The maximum atomic E-state index is 13.2. The lowest BCUT2D eigenvalue weighted by molar-refractivity contribution is 0.584. The Kier molecular flexibility index (Phi) is 2.79. The molecule has 3 aromatic rings. The lowest BCUT2D eigenvalue weighted by Gasteiger charge is -2.03. The quantitative estimate of drug-likeness (QED) is 0.764. The highest BCUT2D eigenvalue weighted by atomic mass is 19.1. The number of nitrogens with zero attached hydrogens (tertiary/aromatic N) is 2. The van der Waals surface area contributed by atoms with Crippen molar-refractivity contribution >= 4 is 0 Å². The summed E-state index contributed by atoms with van der Waals surface area (Å²) in [6.07, 6.45) is 1.42. The molecule has 0 amide bonds. The summed E-state index contributed by atoms with van der Waals surface area (Å²) in [7, 11) is 0. The highest BCUT2D eigenvalue weighted by Gasteiger charge is 2.05. The average molecular weight is 257 g/mol. The molecule has 94 valence electrons. The molecule has 19 heavy (non-hydrogen) atoms. The fourth-order valence-electron chi connectivity index (χ4n) is 1.89. The Morgan fingerprint density at radius 2 is 1.42 bits per heavy atom. The monoisotopic (exact) mass is 257 g/mol. The summed E-state index contributed by atoms with van der Waals surface area (Å²) in [6, 6.07) is 10.7. The van der Waals surface area contributed by atoms with Crippen molar-refractivity contribution < 1.29 is 8.78 Å². The fraction of sp³-hybridized carbons (Fsp3) is 0. The molecule has 3 rings (SSSR count). The number of aromatic nitrogens is 3. The first-order valence-electron chi connectivity index (χ1n) is 5.64. The summed E-state index contributed by atoms with van der Waals surface area (Å²) in [4.78, 5) is 4.03. The van der Waals surface area contributed by atoms with Crippen LogP contribution in [0.5, 0.6) is 0 Å². The van der Waals surface area contributed by atoms with Crippen LogP contribution in [-0.4, -0.2) is 15.2 Å². The molecule has 2 aromatic carbocycles. The van der Waals surface area contributed by atoms with Gasteiger partial charge in [0.2, 0.25) is 0 Å². The lowest BCUT2D eigenvalue weighted by atomic mass is 10.0. The lowest BCUT2D eigenvalue weighted by Crippen LogP contribution is -1.85. The molecular formula is C14H9F2N3. The van der Waals surface area contributed by atoms with Crippen molar-refractivity contribution in [2.75, 3.05) is 0 Å². The molecule has 0 saturated heterocycles. The van der Waals surface area contributed by atoms with Gasteiger partial charge in [0.05, 0.1) is 0 Å². The second-order valence-electron chi connectivity index (χ2n) is 4.07. The number of hydrogen-bond donors (Lipinski definition) is 1. The zero-order chi connectivity index (χ0) is 13.2. The molecule has 3 nitrogen and oxygen atoms in total. The standard InChI is InChI=1S/C14H9F2N3/c15-12-5-11(6-13(16)7-12)9-1-3-10(4-2-9)14-17-8-18-19-14/h1-8H,(H,17,18,19). The molecule has 0 bridgehead atoms. The molecule has 0 aliphatic heterocycles. The van der Waals surface area contributed by atoms with E-state index in [9.17, 15) is 8.78 Å². The molecule has 0 atom stereocenters. The van der Waals surface area contributed by atoms with E-state index < -0.39 is 11.6 Å². The third kappa shape index (κ3) is 2.35. The highest BCUT2D eigenvalue weighted by molar-refractivity contribution is 5.67. The van der Waals surface area contributed by atoms with Gasteiger partial charge in [-0.3, -0.25) is 5.10 Å². The normalized spacial score (nSPS) is 10.6. The number of halogens is 2. The predicted octanol–water partition coefficient (Wildman–Crippen LogP) is 3.42. The van der Waals surface area contributed by atoms with Crippen LogP contribution >= 0.6 is 0 Å². The summed E-state index contributed by atoms with van der Waals surface area (Å²) < 4.78 is 26.3. The molecule has 0 saturated carbocycles. The first-order chi connectivity index (χ1) is 9.22. The van der Waals surface area contributed by atoms with Gasteiger partial charge in [0.25, 0.3) is 0 Å². The number of aromatic amines is 1. The van der Waals surface area contributed by atoms with E-state index in [0.29, 0.717) is 11.4 Å².